The van der Waals surface area contributed by atoms with E-state index in [1.807, 2.05) is 6.92 Å². The van der Waals surface area contributed by atoms with Crippen LogP contribution < -0.4 is 5.32 Å². The smallest absolute Gasteiger partial charge is 0.256 e. The van der Waals surface area contributed by atoms with E-state index in [0.717, 1.165) is 40.9 Å². The van der Waals surface area contributed by atoms with Crippen molar-refractivity contribution >= 4 is 11.6 Å². The molecule has 1 aromatic rings. The van der Waals surface area contributed by atoms with Gasteiger partial charge in [-0.1, -0.05) is 6.08 Å². The van der Waals surface area contributed by atoms with Crippen LogP contribution in [0.4, 0.5) is 0 Å². The molecular formula is C11H10N2O. The van der Waals surface area contributed by atoms with E-state index in [1.165, 1.54) is 0 Å². The number of aromatic nitrogens is 1. The standard InChI is InChI=1S/C11H10N2O/c1-6-5-12-7-3-2-4-8-10(7)9(6)11(14)13-8/h4-5H,2-3H2,1H3,(H,13,14). The maximum atomic E-state index is 11.7. The third-order valence-corrected chi connectivity index (χ3v) is 2.82. The fourth-order valence-electron chi connectivity index (χ4n) is 2.17. The van der Waals surface area contributed by atoms with Crippen LogP contribution in [0.15, 0.2) is 12.3 Å². The summed E-state index contributed by atoms with van der Waals surface area (Å²) in [6, 6.07) is 0. The molecular weight excluding hydrogens is 176 g/mol. The first-order valence-corrected chi connectivity index (χ1v) is 4.78. The first-order chi connectivity index (χ1) is 6.77. The van der Waals surface area contributed by atoms with E-state index in [0.29, 0.717) is 0 Å². The molecule has 3 rings (SSSR count). The summed E-state index contributed by atoms with van der Waals surface area (Å²) in [6.45, 7) is 1.93. The summed E-state index contributed by atoms with van der Waals surface area (Å²) < 4.78 is 0. The van der Waals surface area contributed by atoms with Crippen molar-refractivity contribution in [1.82, 2.24) is 10.3 Å². The molecule has 0 radical (unpaired) electrons. The van der Waals surface area contributed by atoms with Crippen LogP contribution >= 0.6 is 0 Å². The number of hydrogen-bond acceptors (Lipinski definition) is 2. The molecule has 0 fully saturated rings. The number of aryl methyl sites for hydroxylation is 2. The van der Waals surface area contributed by atoms with Gasteiger partial charge < -0.3 is 5.32 Å². The van der Waals surface area contributed by atoms with Gasteiger partial charge in [0.2, 0.25) is 0 Å². The average Bonchev–Trinajstić information content (AvgIpc) is 2.51. The van der Waals surface area contributed by atoms with Gasteiger partial charge in [0.25, 0.3) is 5.91 Å². The summed E-state index contributed by atoms with van der Waals surface area (Å²) >= 11 is 0. The molecule has 0 unspecified atom stereocenters. The Hall–Kier alpha value is -1.64. The minimum absolute atomic E-state index is 0.0225. The van der Waals surface area contributed by atoms with Gasteiger partial charge in [0.05, 0.1) is 11.3 Å². The fraction of sp³-hybridized carbons (Fsp3) is 0.273. The molecule has 0 bridgehead atoms. The van der Waals surface area contributed by atoms with Crippen LogP contribution in [0.2, 0.25) is 0 Å². The molecule has 1 aliphatic carbocycles. The Balaban J connectivity index is 2.40. The highest BCUT2D eigenvalue weighted by atomic mass is 16.1. The van der Waals surface area contributed by atoms with Crippen molar-refractivity contribution in [3.05, 3.63) is 34.7 Å². The molecule has 1 N–H and O–H groups in total. The lowest BCUT2D eigenvalue weighted by Crippen LogP contribution is -2.13. The molecule has 2 heterocycles. The van der Waals surface area contributed by atoms with E-state index in [9.17, 15) is 4.79 Å². The molecule has 3 nitrogen and oxygen atoms in total. The molecule has 0 saturated carbocycles. The van der Waals surface area contributed by atoms with Gasteiger partial charge in [0.1, 0.15) is 0 Å². The average molecular weight is 186 g/mol. The van der Waals surface area contributed by atoms with Gasteiger partial charge in [-0.05, 0) is 25.3 Å². The highest BCUT2D eigenvalue weighted by molar-refractivity contribution is 6.10. The summed E-state index contributed by atoms with van der Waals surface area (Å²) in [5.74, 6) is 0.0225. The molecule has 1 aromatic heterocycles. The number of nitrogens with one attached hydrogen (secondary N) is 1. The fourth-order valence-corrected chi connectivity index (χ4v) is 2.17. The Morgan fingerprint density at radius 1 is 1.43 bits per heavy atom. The van der Waals surface area contributed by atoms with Gasteiger partial charge in [0, 0.05) is 17.5 Å². The Kier molecular flexibility index (Phi) is 1.35. The predicted molar refractivity (Wildman–Crippen MR) is 52.7 cm³/mol. The largest absolute Gasteiger partial charge is 0.322 e. The van der Waals surface area contributed by atoms with E-state index >= 15 is 0 Å². The normalized spacial score (nSPS) is 17.5. The second-order valence-electron chi connectivity index (χ2n) is 3.75. The monoisotopic (exact) mass is 186 g/mol. The van der Waals surface area contributed by atoms with Crippen LogP contribution in [-0.4, -0.2) is 10.9 Å². The number of carbonyl (C=O) groups excluding carboxylic acids is 1. The SMILES string of the molecule is Cc1cnc2c3c1C(=O)NC3=CCC2. The van der Waals surface area contributed by atoms with Gasteiger partial charge in [-0.25, -0.2) is 0 Å². The molecule has 0 saturated heterocycles. The number of rotatable bonds is 0. The van der Waals surface area contributed by atoms with Gasteiger partial charge in [-0.2, -0.15) is 0 Å². The molecule has 1 aliphatic heterocycles. The second kappa shape index (κ2) is 2.44. The molecule has 1 amide bonds. The molecule has 14 heavy (non-hydrogen) atoms. The number of hydrogen-bond donors (Lipinski definition) is 1. The van der Waals surface area contributed by atoms with Gasteiger partial charge in [0.15, 0.2) is 0 Å². The number of carbonyl (C=O) groups is 1. The summed E-state index contributed by atoms with van der Waals surface area (Å²) in [7, 11) is 0. The highest BCUT2D eigenvalue weighted by Gasteiger charge is 2.30. The zero-order valence-electron chi connectivity index (χ0n) is 7.92. The van der Waals surface area contributed by atoms with E-state index < -0.39 is 0 Å². The maximum absolute atomic E-state index is 11.7. The van der Waals surface area contributed by atoms with Crippen molar-refractivity contribution < 1.29 is 4.79 Å². The van der Waals surface area contributed by atoms with Crippen LogP contribution in [-0.2, 0) is 6.42 Å². The Bertz CT molecular complexity index is 474. The zero-order chi connectivity index (χ0) is 9.71. The number of pyridine rings is 1. The Labute approximate surface area is 81.9 Å². The van der Waals surface area contributed by atoms with Crippen molar-refractivity contribution in [2.75, 3.05) is 0 Å². The lowest BCUT2D eigenvalue weighted by atomic mass is 9.96. The molecule has 70 valence electrons. The van der Waals surface area contributed by atoms with Crippen LogP contribution in [0.5, 0.6) is 0 Å². The van der Waals surface area contributed by atoms with Crippen molar-refractivity contribution in [3.8, 4) is 0 Å². The summed E-state index contributed by atoms with van der Waals surface area (Å²) in [6.07, 6.45) is 5.79. The number of allylic oxidation sites excluding steroid dienone is 1. The van der Waals surface area contributed by atoms with Crippen molar-refractivity contribution in [2.45, 2.75) is 19.8 Å². The zero-order valence-corrected chi connectivity index (χ0v) is 7.92. The van der Waals surface area contributed by atoms with E-state index in [-0.39, 0.29) is 5.91 Å². The van der Waals surface area contributed by atoms with Crippen LogP contribution in [0.1, 0.15) is 33.6 Å². The number of amides is 1. The lowest BCUT2D eigenvalue weighted by Gasteiger charge is -2.12. The Morgan fingerprint density at radius 2 is 2.29 bits per heavy atom. The first-order valence-electron chi connectivity index (χ1n) is 4.78. The van der Waals surface area contributed by atoms with Crippen molar-refractivity contribution in [3.63, 3.8) is 0 Å². The highest BCUT2D eigenvalue weighted by Crippen LogP contribution is 2.32. The minimum atomic E-state index is 0.0225. The van der Waals surface area contributed by atoms with Crippen molar-refractivity contribution in [2.24, 2.45) is 0 Å². The minimum Gasteiger partial charge on any atom is -0.322 e. The van der Waals surface area contributed by atoms with Crippen LogP contribution in [0.3, 0.4) is 0 Å². The number of nitrogens with zero attached hydrogens (tertiary/aromatic N) is 1. The summed E-state index contributed by atoms with van der Waals surface area (Å²) in [4.78, 5) is 16.0. The predicted octanol–water partition coefficient (Wildman–Crippen LogP) is 1.42. The first kappa shape index (κ1) is 7.74. The molecule has 2 aliphatic rings. The summed E-state index contributed by atoms with van der Waals surface area (Å²) in [5.41, 5.74) is 4.85. The Morgan fingerprint density at radius 3 is 3.14 bits per heavy atom. The van der Waals surface area contributed by atoms with Gasteiger partial charge in [-0.15, -0.1) is 0 Å². The van der Waals surface area contributed by atoms with Crippen LogP contribution in [0, 0.1) is 6.92 Å². The second-order valence-corrected chi connectivity index (χ2v) is 3.75. The van der Waals surface area contributed by atoms with Crippen molar-refractivity contribution in [1.29, 1.82) is 0 Å². The summed E-state index contributed by atoms with van der Waals surface area (Å²) in [5, 5.41) is 2.88. The van der Waals surface area contributed by atoms with Gasteiger partial charge in [-0.3, -0.25) is 9.78 Å². The molecule has 3 heteroatoms. The molecule has 0 aromatic carbocycles. The quantitative estimate of drug-likeness (QED) is 0.665. The van der Waals surface area contributed by atoms with Gasteiger partial charge >= 0.3 is 0 Å². The maximum Gasteiger partial charge on any atom is 0.256 e. The van der Waals surface area contributed by atoms with E-state index in [2.05, 4.69) is 16.4 Å². The molecule has 0 atom stereocenters. The molecule has 0 spiro atoms. The van der Waals surface area contributed by atoms with Crippen LogP contribution in [0.25, 0.3) is 5.70 Å². The third kappa shape index (κ3) is 0.816. The topological polar surface area (TPSA) is 42.0 Å². The lowest BCUT2D eigenvalue weighted by molar-refractivity contribution is 0.0980. The van der Waals surface area contributed by atoms with E-state index in [1.54, 1.807) is 6.20 Å². The third-order valence-electron chi connectivity index (χ3n) is 2.82. The van der Waals surface area contributed by atoms with E-state index in [4.69, 9.17) is 0 Å².